The molecule has 1 aliphatic carbocycles. The fourth-order valence-corrected chi connectivity index (χ4v) is 1.61. The topological polar surface area (TPSA) is 60.4 Å². The highest BCUT2D eigenvalue weighted by molar-refractivity contribution is 6.19. The molecule has 1 rings (SSSR count). The fourth-order valence-electron chi connectivity index (χ4n) is 1.61. The van der Waals surface area contributed by atoms with Gasteiger partial charge in [0.15, 0.2) is 11.6 Å². The van der Waals surface area contributed by atoms with Crippen molar-refractivity contribution in [1.29, 1.82) is 0 Å². The van der Waals surface area contributed by atoms with Crippen molar-refractivity contribution in [2.45, 2.75) is 20.3 Å². The molecular formula is C10H12O4. The van der Waals surface area contributed by atoms with E-state index in [9.17, 15) is 14.4 Å². The van der Waals surface area contributed by atoms with Crippen molar-refractivity contribution >= 4 is 17.5 Å². The van der Waals surface area contributed by atoms with Gasteiger partial charge in [-0.1, -0.05) is 0 Å². The molecule has 4 nitrogen and oxygen atoms in total. The third kappa shape index (κ3) is 1.47. The monoisotopic (exact) mass is 196 g/mol. The molecule has 1 unspecified atom stereocenters. The highest BCUT2D eigenvalue weighted by atomic mass is 16.5. The molecule has 0 spiro atoms. The number of Topliss-reactive ketones (excluding diaryl/α,β-unsaturated/α-hetero) is 1. The first kappa shape index (κ1) is 10.6. The van der Waals surface area contributed by atoms with Gasteiger partial charge < -0.3 is 4.74 Å². The van der Waals surface area contributed by atoms with Crippen LogP contribution in [0.25, 0.3) is 0 Å². The van der Waals surface area contributed by atoms with Crippen LogP contribution in [0, 0.1) is 5.41 Å². The second-order valence-electron chi connectivity index (χ2n) is 3.62. The SMILES string of the molecule is COC(=O)C1(C)CC(=O)C=C(C)C1=O. The maximum absolute atomic E-state index is 11.7. The van der Waals surface area contributed by atoms with Crippen molar-refractivity contribution in [2.75, 3.05) is 7.11 Å². The Kier molecular flexibility index (Phi) is 2.55. The first-order chi connectivity index (χ1) is 6.41. The Balaban J connectivity index is 3.13. The number of carbonyl (C=O) groups is 3. The van der Waals surface area contributed by atoms with E-state index in [-0.39, 0.29) is 18.0 Å². The summed E-state index contributed by atoms with van der Waals surface area (Å²) in [6.07, 6.45) is 1.17. The fraction of sp³-hybridized carbons (Fsp3) is 0.500. The summed E-state index contributed by atoms with van der Waals surface area (Å²) in [5.41, 5.74) is -1.01. The van der Waals surface area contributed by atoms with Gasteiger partial charge in [0.1, 0.15) is 5.41 Å². The summed E-state index contributed by atoms with van der Waals surface area (Å²) in [6, 6.07) is 0. The second kappa shape index (κ2) is 3.36. The van der Waals surface area contributed by atoms with E-state index in [2.05, 4.69) is 4.74 Å². The minimum absolute atomic E-state index is 0.101. The summed E-state index contributed by atoms with van der Waals surface area (Å²) in [5, 5.41) is 0. The van der Waals surface area contributed by atoms with Gasteiger partial charge in [0, 0.05) is 6.42 Å². The van der Waals surface area contributed by atoms with Crippen LogP contribution >= 0.6 is 0 Å². The first-order valence-electron chi connectivity index (χ1n) is 4.26. The van der Waals surface area contributed by atoms with Crippen LogP contribution in [0.2, 0.25) is 0 Å². The minimum atomic E-state index is -1.33. The maximum Gasteiger partial charge on any atom is 0.319 e. The average molecular weight is 196 g/mol. The number of ether oxygens (including phenoxy) is 1. The molecule has 0 aromatic carbocycles. The van der Waals surface area contributed by atoms with E-state index >= 15 is 0 Å². The van der Waals surface area contributed by atoms with E-state index < -0.39 is 11.4 Å². The van der Waals surface area contributed by atoms with Gasteiger partial charge in [0.25, 0.3) is 0 Å². The largest absolute Gasteiger partial charge is 0.468 e. The van der Waals surface area contributed by atoms with Crippen LogP contribution in [0.3, 0.4) is 0 Å². The standard InChI is InChI=1S/C10H12O4/c1-6-4-7(11)5-10(2,8(6)12)9(13)14-3/h4H,5H2,1-3H3. The molecule has 0 fully saturated rings. The molecule has 76 valence electrons. The minimum Gasteiger partial charge on any atom is -0.468 e. The number of allylic oxidation sites excluding steroid dienone is 2. The highest BCUT2D eigenvalue weighted by Gasteiger charge is 2.46. The molecule has 0 radical (unpaired) electrons. The van der Waals surface area contributed by atoms with Crippen molar-refractivity contribution in [3.63, 3.8) is 0 Å². The third-order valence-electron chi connectivity index (χ3n) is 2.40. The molecule has 0 saturated carbocycles. The van der Waals surface area contributed by atoms with Crippen molar-refractivity contribution in [1.82, 2.24) is 0 Å². The van der Waals surface area contributed by atoms with E-state index in [1.807, 2.05) is 0 Å². The van der Waals surface area contributed by atoms with E-state index in [1.54, 1.807) is 0 Å². The number of carbonyl (C=O) groups excluding carboxylic acids is 3. The second-order valence-corrected chi connectivity index (χ2v) is 3.62. The van der Waals surface area contributed by atoms with Gasteiger partial charge in [0.05, 0.1) is 7.11 Å². The number of esters is 1. The Labute approximate surface area is 81.9 Å². The molecule has 0 N–H and O–H groups in total. The number of ketones is 2. The maximum atomic E-state index is 11.7. The molecular weight excluding hydrogens is 184 g/mol. The Bertz CT molecular complexity index is 340. The zero-order valence-corrected chi connectivity index (χ0v) is 8.42. The van der Waals surface area contributed by atoms with E-state index in [4.69, 9.17) is 0 Å². The van der Waals surface area contributed by atoms with Crippen molar-refractivity contribution in [3.05, 3.63) is 11.6 Å². The van der Waals surface area contributed by atoms with E-state index in [1.165, 1.54) is 27.0 Å². The van der Waals surface area contributed by atoms with Crippen LogP contribution < -0.4 is 0 Å². The van der Waals surface area contributed by atoms with Crippen LogP contribution in [0.4, 0.5) is 0 Å². The summed E-state index contributed by atoms with van der Waals surface area (Å²) in [5.74, 6) is -1.19. The molecule has 1 atom stereocenters. The lowest BCUT2D eigenvalue weighted by atomic mass is 9.74. The molecule has 1 aliphatic rings. The van der Waals surface area contributed by atoms with Crippen LogP contribution in [0.15, 0.2) is 11.6 Å². The molecule has 4 heteroatoms. The molecule has 0 heterocycles. The number of rotatable bonds is 1. The molecule has 0 aromatic heterocycles. The Morgan fingerprint density at radius 2 is 2.07 bits per heavy atom. The summed E-state index contributed by atoms with van der Waals surface area (Å²) >= 11 is 0. The highest BCUT2D eigenvalue weighted by Crippen LogP contribution is 2.31. The molecule has 0 saturated heterocycles. The van der Waals surface area contributed by atoms with Gasteiger partial charge in [-0.2, -0.15) is 0 Å². The van der Waals surface area contributed by atoms with E-state index in [0.717, 1.165) is 0 Å². The molecule has 0 amide bonds. The quantitative estimate of drug-likeness (QED) is 0.456. The normalized spacial score (nSPS) is 27.2. The van der Waals surface area contributed by atoms with Gasteiger partial charge in [0.2, 0.25) is 0 Å². The lowest BCUT2D eigenvalue weighted by Gasteiger charge is -2.27. The van der Waals surface area contributed by atoms with Gasteiger partial charge >= 0.3 is 5.97 Å². The number of methoxy groups -OCH3 is 1. The van der Waals surface area contributed by atoms with Crippen LogP contribution in [0.5, 0.6) is 0 Å². The zero-order chi connectivity index (χ0) is 10.9. The Hall–Kier alpha value is -1.45. The molecule has 0 aromatic rings. The summed E-state index contributed by atoms with van der Waals surface area (Å²) < 4.78 is 4.52. The molecule has 0 bridgehead atoms. The van der Waals surface area contributed by atoms with Gasteiger partial charge in [-0.15, -0.1) is 0 Å². The smallest absolute Gasteiger partial charge is 0.319 e. The van der Waals surface area contributed by atoms with Crippen LogP contribution in [-0.4, -0.2) is 24.6 Å². The van der Waals surface area contributed by atoms with Crippen molar-refractivity contribution in [2.24, 2.45) is 5.41 Å². The zero-order valence-electron chi connectivity index (χ0n) is 8.42. The van der Waals surface area contributed by atoms with Crippen LogP contribution in [0.1, 0.15) is 20.3 Å². The summed E-state index contributed by atoms with van der Waals surface area (Å²) in [6.45, 7) is 2.97. The predicted octanol–water partition coefficient (Wildman–Crippen LogP) is 0.654. The first-order valence-corrected chi connectivity index (χ1v) is 4.26. The number of hydrogen-bond donors (Lipinski definition) is 0. The van der Waals surface area contributed by atoms with Crippen molar-refractivity contribution < 1.29 is 19.1 Å². The number of hydrogen-bond acceptors (Lipinski definition) is 4. The lowest BCUT2D eigenvalue weighted by molar-refractivity contribution is -0.158. The third-order valence-corrected chi connectivity index (χ3v) is 2.40. The van der Waals surface area contributed by atoms with Gasteiger partial charge in [-0.05, 0) is 25.5 Å². The predicted molar refractivity (Wildman–Crippen MR) is 48.5 cm³/mol. The lowest BCUT2D eigenvalue weighted by Crippen LogP contribution is -2.42. The summed E-state index contributed by atoms with van der Waals surface area (Å²) in [4.78, 5) is 34.3. The average Bonchev–Trinajstić information content (AvgIpc) is 2.12. The van der Waals surface area contributed by atoms with Crippen molar-refractivity contribution in [3.8, 4) is 0 Å². The molecule has 14 heavy (non-hydrogen) atoms. The summed E-state index contributed by atoms with van der Waals surface area (Å²) in [7, 11) is 1.21. The van der Waals surface area contributed by atoms with E-state index in [0.29, 0.717) is 5.57 Å². The van der Waals surface area contributed by atoms with Gasteiger partial charge in [-0.25, -0.2) is 0 Å². The van der Waals surface area contributed by atoms with Crippen LogP contribution in [-0.2, 0) is 19.1 Å². The van der Waals surface area contributed by atoms with Gasteiger partial charge in [-0.3, -0.25) is 14.4 Å². The molecule has 0 aliphatic heterocycles. The Morgan fingerprint density at radius 1 is 1.50 bits per heavy atom. The Morgan fingerprint density at radius 3 is 2.57 bits per heavy atom.